The zero-order chi connectivity index (χ0) is 8.59. The average molecular weight is 178 g/mol. The highest BCUT2D eigenvalue weighted by molar-refractivity contribution is 5.54. The van der Waals surface area contributed by atoms with Crippen molar-refractivity contribution in [2.24, 2.45) is 46.3 Å². The molecule has 0 spiro atoms. The molecule has 0 heterocycles. The molecule has 2 nitrogen and oxygen atoms in total. The van der Waals surface area contributed by atoms with Gasteiger partial charge >= 0.3 is 0 Å². The number of hydrogen-bond donors (Lipinski definition) is 1. The fraction of sp³-hybridized carbons (Fsp3) is 1.00. The van der Waals surface area contributed by atoms with Gasteiger partial charge in [0.15, 0.2) is 0 Å². The maximum atomic E-state index is 9.40. The maximum absolute atomic E-state index is 9.40. The summed E-state index contributed by atoms with van der Waals surface area (Å²) >= 11 is 0. The molecule has 0 unspecified atom stereocenters. The van der Waals surface area contributed by atoms with Crippen LogP contribution in [0.2, 0.25) is 0 Å². The Balaban J connectivity index is 1.57. The van der Waals surface area contributed by atoms with Crippen molar-refractivity contribution in [3.63, 3.8) is 0 Å². The molecule has 0 aromatic heterocycles. The van der Waals surface area contributed by atoms with Crippen LogP contribution in [0.3, 0.4) is 0 Å². The van der Waals surface area contributed by atoms with Crippen LogP contribution in [0.5, 0.6) is 0 Å². The van der Waals surface area contributed by atoms with Gasteiger partial charge in [-0.05, 0) is 35.5 Å². The second kappa shape index (κ2) is 1.31. The van der Waals surface area contributed by atoms with Gasteiger partial charge in [0.25, 0.3) is 0 Å². The molecule has 6 aliphatic rings. The molecule has 13 heavy (non-hydrogen) atoms. The smallest absolute Gasteiger partial charge is 0.0527 e. The minimum atomic E-state index is 0.482. The number of methoxy groups -OCH3 is 1. The van der Waals surface area contributed by atoms with Gasteiger partial charge in [0, 0.05) is 24.5 Å². The molecule has 0 atom stereocenters. The summed E-state index contributed by atoms with van der Waals surface area (Å²) in [4.78, 5) is 0. The fourth-order valence-corrected chi connectivity index (χ4v) is 6.83. The van der Waals surface area contributed by atoms with E-state index < -0.39 is 0 Å². The SMILES string of the molecule is COCC12C3C4C1C1C2C3C41CO. The van der Waals surface area contributed by atoms with Crippen LogP contribution in [0.15, 0.2) is 0 Å². The van der Waals surface area contributed by atoms with E-state index >= 15 is 0 Å². The van der Waals surface area contributed by atoms with E-state index in [1.807, 2.05) is 7.11 Å². The molecule has 2 heteroatoms. The van der Waals surface area contributed by atoms with Gasteiger partial charge < -0.3 is 9.84 Å². The van der Waals surface area contributed by atoms with E-state index in [-0.39, 0.29) is 0 Å². The van der Waals surface area contributed by atoms with Crippen LogP contribution in [0.1, 0.15) is 0 Å². The summed E-state index contributed by atoms with van der Waals surface area (Å²) in [5.74, 6) is 5.77. The largest absolute Gasteiger partial charge is 0.396 e. The minimum Gasteiger partial charge on any atom is -0.396 e. The van der Waals surface area contributed by atoms with Crippen LogP contribution >= 0.6 is 0 Å². The normalized spacial score (nSPS) is 82.6. The van der Waals surface area contributed by atoms with Crippen LogP contribution < -0.4 is 0 Å². The summed E-state index contributed by atoms with van der Waals surface area (Å²) in [5, 5.41) is 9.40. The van der Waals surface area contributed by atoms with Gasteiger partial charge in [0.05, 0.1) is 6.61 Å². The third kappa shape index (κ3) is 0.262. The Bertz CT molecular complexity index is 281. The van der Waals surface area contributed by atoms with E-state index in [4.69, 9.17) is 4.74 Å². The second-order valence-corrected chi connectivity index (χ2v) is 5.97. The molecule has 6 fully saturated rings. The first-order valence-electron chi connectivity index (χ1n) is 5.45. The lowest BCUT2D eigenvalue weighted by atomic mass is 8.92. The molecule has 0 amide bonds. The standard InChI is InChI=1S/C11H14O2/c1-13-3-11-7-4-8(11)6-9(11)5(7)10(4,6)2-12/h4-9,12H,2-3H2,1H3. The molecule has 0 aromatic carbocycles. The highest BCUT2D eigenvalue weighted by Crippen LogP contribution is 3.10. The maximum Gasteiger partial charge on any atom is 0.0527 e. The van der Waals surface area contributed by atoms with Gasteiger partial charge in [0.2, 0.25) is 0 Å². The van der Waals surface area contributed by atoms with Crippen molar-refractivity contribution in [1.29, 1.82) is 0 Å². The number of rotatable bonds is 3. The average Bonchev–Trinajstić information content (AvgIpc) is 2.19. The van der Waals surface area contributed by atoms with Crippen LogP contribution in [-0.2, 0) is 4.74 Å². The highest BCUT2D eigenvalue weighted by atomic mass is 16.5. The molecular weight excluding hydrogens is 164 g/mol. The highest BCUT2D eigenvalue weighted by Gasteiger charge is 3.09. The van der Waals surface area contributed by atoms with E-state index in [2.05, 4.69) is 0 Å². The van der Waals surface area contributed by atoms with Crippen molar-refractivity contribution in [2.45, 2.75) is 0 Å². The summed E-state index contributed by atoms with van der Waals surface area (Å²) in [5.41, 5.74) is 1.14. The van der Waals surface area contributed by atoms with Gasteiger partial charge in [-0.15, -0.1) is 0 Å². The first-order chi connectivity index (χ1) is 6.35. The Labute approximate surface area is 77.3 Å². The van der Waals surface area contributed by atoms with Crippen molar-refractivity contribution in [2.75, 3.05) is 20.3 Å². The van der Waals surface area contributed by atoms with Crippen molar-refractivity contribution < 1.29 is 9.84 Å². The van der Waals surface area contributed by atoms with Crippen molar-refractivity contribution in [1.82, 2.24) is 0 Å². The van der Waals surface area contributed by atoms with Gasteiger partial charge in [-0.25, -0.2) is 0 Å². The van der Waals surface area contributed by atoms with Crippen molar-refractivity contribution in [3.8, 4) is 0 Å². The summed E-state index contributed by atoms with van der Waals surface area (Å²) in [6, 6.07) is 0. The third-order valence-electron chi connectivity index (χ3n) is 6.71. The molecule has 70 valence electrons. The molecule has 1 N–H and O–H groups in total. The van der Waals surface area contributed by atoms with Gasteiger partial charge in [0.1, 0.15) is 0 Å². The predicted molar refractivity (Wildman–Crippen MR) is 44.8 cm³/mol. The molecule has 0 saturated heterocycles. The zero-order valence-corrected chi connectivity index (χ0v) is 7.73. The first-order valence-corrected chi connectivity index (χ1v) is 5.45. The minimum absolute atomic E-state index is 0.482. The van der Waals surface area contributed by atoms with E-state index in [9.17, 15) is 5.11 Å². The second-order valence-electron chi connectivity index (χ2n) is 5.97. The van der Waals surface area contributed by atoms with E-state index in [1.165, 1.54) is 0 Å². The molecule has 0 radical (unpaired) electrons. The van der Waals surface area contributed by atoms with Crippen LogP contribution in [0.4, 0.5) is 0 Å². The first kappa shape index (κ1) is 6.41. The lowest BCUT2D eigenvalue weighted by Gasteiger charge is -3.11. The molecule has 6 aliphatic carbocycles. The summed E-state index contributed by atoms with van der Waals surface area (Å²) in [6.45, 7) is 1.50. The molecule has 0 bridgehead atoms. The monoisotopic (exact) mass is 178 g/mol. The van der Waals surface area contributed by atoms with Crippen LogP contribution in [0.25, 0.3) is 0 Å². The van der Waals surface area contributed by atoms with Gasteiger partial charge in [-0.1, -0.05) is 0 Å². The third-order valence-corrected chi connectivity index (χ3v) is 6.71. The Hall–Kier alpha value is -0.0800. The number of hydrogen-bond acceptors (Lipinski definition) is 2. The zero-order valence-electron chi connectivity index (χ0n) is 7.73. The summed E-state index contributed by atoms with van der Waals surface area (Å²) < 4.78 is 5.36. The lowest BCUT2D eigenvalue weighted by Crippen LogP contribution is -3.10. The molecule has 0 aliphatic heterocycles. The lowest BCUT2D eigenvalue weighted by molar-refractivity contribution is -0.663. The van der Waals surface area contributed by atoms with E-state index in [0.29, 0.717) is 17.4 Å². The Morgan fingerprint density at radius 2 is 1.46 bits per heavy atom. The summed E-state index contributed by atoms with van der Waals surface area (Å²) in [6.07, 6.45) is 0. The number of aliphatic hydroxyl groups excluding tert-OH is 1. The Morgan fingerprint density at radius 3 is 1.85 bits per heavy atom. The molecule has 6 saturated carbocycles. The van der Waals surface area contributed by atoms with Gasteiger partial charge in [-0.3, -0.25) is 0 Å². The van der Waals surface area contributed by atoms with Crippen LogP contribution in [-0.4, -0.2) is 25.4 Å². The van der Waals surface area contributed by atoms with Gasteiger partial charge in [-0.2, -0.15) is 0 Å². The number of ether oxygens (including phenoxy) is 1. The topological polar surface area (TPSA) is 29.5 Å². The van der Waals surface area contributed by atoms with Crippen molar-refractivity contribution in [3.05, 3.63) is 0 Å². The van der Waals surface area contributed by atoms with Crippen LogP contribution in [0, 0.1) is 46.3 Å². The Morgan fingerprint density at radius 1 is 1.00 bits per heavy atom. The molecular formula is C11H14O2. The summed E-state index contributed by atoms with van der Waals surface area (Å²) in [7, 11) is 1.84. The fourth-order valence-electron chi connectivity index (χ4n) is 6.83. The van der Waals surface area contributed by atoms with E-state index in [0.717, 1.165) is 42.1 Å². The van der Waals surface area contributed by atoms with Crippen molar-refractivity contribution >= 4 is 0 Å². The predicted octanol–water partition coefficient (Wildman–Crippen LogP) is 0.363. The quantitative estimate of drug-likeness (QED) is 0.676. The number of aliphatic hydroxyl groups is 1. The van der Waals surface area contributed by atoms with E-state index in [1.54, 1.807) is 0 Å². The molecule has 0 aromatic rings. The molecule has 6 rings (SSSR count). The Kier molecular flexibility index (Phi) is 0.647.